The lowest BCUT2D eigenvalue weighted by Crippen LogP contribution is -2.34. The molecule has 4 heteroatoms. The van der Waals surface area contributed by atoms with E-state index in [0.717, 1.165) is 10.9 Å². The summed E-state index contributed by atoms with van der Waals surface area (Å²) in [6.45, 7) is 4.09. The predicted molar refractivity (Wildman–Crippen MR) is 91.0 cm³/mol. The third kappa shape index (κ3) is 4.32. The predicted octanol–water partition coefficient (Wildman–Crippen LogP) is 4.77. The maximum absolute atomic E-state index is 12.2. The van der Waals surface area contributed by atoms with Gasteiger partial charge in [-0.25, -0.2) is 0 Å². The summed E-state index contributed by atoms with van der Waals surface area (Å²) in [5.41, 5.74) is 3.10. The van der Waals surface area contributed by atoms with Crippen molar-refractivity contribution in [3.63, 3.8) is 0 Å². The molecule has 0 saturated carbocycles. The Hall–Kier alpha value is -1.32. The molecule has 2 nitrogen and oxygen atoms in total. The molecule has 1 amide bonds. The van der Waals surface area contributed by atoms with Gasteiger partial charge in [0.05, 0.1) is 5.02 Å². The highest BCUT2D eigenvalue weighted by molar-refractivity contribution is 9.10. The average Bonchev–Trinajstić information content (AvgIpc) is 2.44. The van der Waals surface area contributed by atoms with Crippen LogP contribution in [0.5, 0.6) is 0 Å². The molecule has 0 aliphatic carbocycles. The van der Waals surface area contributed by atoms with Crippen LogP contribution in [0.2, 0.25) is 5.02 Å². The van der Waals surface area contributed by atoms with E-state index in [9.17, 15) is 4.79 Å². The summed E-state index contributed by atoms with van der Waals surface area (Å²) >= 11 is 9.27. The van der Waals surface area contributed by atoms with E-state index in [0.29, 0.717) is 10.6 Å². The smallest absolute Gasteiger partial charge is 0.251 e. The van der Waals surface area contributed by atoms with Crippen molar-refractivity contribution in [2.24, 2.45) is 0 Å². The SMILES string of the molecule is Cc1ccccc1CC(C)NC(=O)c1ccc(Cl)c(Br)c1. The second-order valence-electron chi connectivity index (χ2n) is 5.13. The fourth-order valence-electron chi connectivity index (χ4n) is 2.16. The van der Waals surface area contributed by atoms with Gasteiger partial charge in [0, 0.05) is 16.1 Å². The number of halogens is 2. The first kappa shape index (κ1) is 16.1. The third-order valence-electron chi connectivity index (χ3n) is 3.35. The number of amides is 1. The Morgan fingerprint density at radius 1 is 1.29 bits per heavy atom. The molecule has 21 heavy (non-hydrogen) atoms. The van der Waals surface area contributed by atoms with Crippen LogP contribution < -0.4 is 5.32 Å². The number of hydrogen-bond acceptors (Lipinski definition) is 1. The topological polar surface area (TPSA) is 29.1 Å². The third-order valence-corrected chi connectivity index (χ3v) is 4.56. The molecule has 0 bridgehead atoms. The Kier molecular flexibility index (Phi) is 5.43. The lowest BCUT2D eigenvalue weighted by atomic mass is 10.0. The lowest BCUT2D eigenvalue weighted by molar-refractivity contribution is 0.0940. The van der Waals surface area contributed by atoms with Gasteiger partial charge < -0.3 is 5.32 Å². The first-order valence-corrected chi connectivity index (χ1v) is 7.95. The van der Waals surface area contributed by atoms with E-state index in [4.69, 9.17) is 11.6 Å². The summed E-state index contributed by atoms with van der Waals surface area (Å²) in [5, 5.41) is 3.61. The molecule has 0 saturated heterocycles. The van der Waals surface area contributed by atoms with Crippen molar-refractivity contribution in [3.8, 4) is 0 Å². The van der Waals surface area contributed by atoms with Gasteiger partial charge in [0.1, 0.15) is 0 Å². The minimum absolute atomic E-state index is 0.0630. The average molecular weight is 367 g/mol. The molecule has 110 valence electrons. The summed E-state index contributed by atoms with van der Waals surface area (Å²) in [6.07, 6.45) is 0.813. The van der Waals surface area contributed by atoms with Crippen LogP contribution in [0.1, 0.15) is 28.4 Å². The number of carbonyl (C=O) groups excluding carboxylic acids is 1. The maximum atomic E-state index is 12.2. The van der Waals surface area contributed by atoms with Gasteiger partial charge in [-0.15, -0.1) is 0 Å². The van der Waals surface area contributed by atoms with Crippen LogP contribution in [0.4, 0.5) is 0 Å². The normalized spacial score (nSPS) is 12.0. The van der Waals surface area contributed by atoms with Crippen molar-refractivity contribution in [2.45, 2.75) is 26.3 Å². The summed E-state index contributed by atoms with van der Waals surface area (Å²) in [5.74, 6) is -0.0894. The highest BCUT2D eigenvalue weighted by Gasteiger charge is 2.12. The van der Waals surface area contributed by atoms with E-state index in [-0.39, 0.29) is 11.9 Å². The van der Waals surface area contributed by atoms with Crippen molar-refractivity contribution in [3.05, 3.63) is 68.7 Å². The van der Waals surface area contributed by atoms with Crippen molar-refractivity contribution >= 4 is 33.4 Å². The maximum Gasteiger partial charge on any atom is 0.251 e. The van der Waals surface area contributed by atoms with Crippen molar-refractivity contribution in [1.82, 2.24) is 5.32 Å². The Morgan fingerprint density at radius 2 is 2.00 bits per heavy atom. The van der Waals surface area contributed by atoms with Gasteiger partial charge >= 0.3 is 0 Å². The standard InChI is InChI=1S/C17H17BrClNO/c1-11-5-3-4-6-13(11)9-12(2)20-17(21)14-7-8-16(19)15(18)10-14/h3-8,10,12H,9H2,1-2H3,(H,20,21). The number of nitrogens with one attached hydrogen (secondary N) is 1. The van der Waals surface area contributed by atoms with Crippen LogP contribution in [0.15, 0.2) is 46.9 Å². The fourth-order valence-corrected chi connectivity index (χ4v) is 2.66. The fraction of sp³-hybridized carbons (Fsp3) is 0.235. The highest BCUT2D eigenvalue weighted by atomic mass is 79.9. The van der Waals surface area contributed by atoms with Crippen molar-refractivity contribution in [2.75, 3.05) is 0 Å². The Balaban J connectivity index is 2.02. The molecular weight excluding hydrogens is 350 g/mol. The van der Waals surface area contributed by atoms with Crippen LogP contribution >= 0.6 is 27.5 Å². The summed E-state index contributed by atoms with van der Waals surface area (Å²) in [4.78, 5) is 12.2. The van der Waals surface area contributed by atoms with Gasteiger partial charge in [-0.3, -0.25) is 4.79 Å². The molecular formula is C17H17BrClNO. The minimum Gasteiger partial charge on any atom is -0.349 e. The molecule has 1 unspecified atom stereocenters. The van der Waals surface area contributed by atoms with E-state index in [1.807, 2.05) is 19.1 Å². The summed E-state index contributed by atoms with van der Waals surface area (Å²) in [6, 6.07) is 13.5. The van der Waals surface area contributed by atoms with Gasteiger partial charge in [0.15, 0.2) is 0 Å². The zero-order chi connectivity index (χ0) is 15.4. The van der Waals surface area contributed by atoms with E-state index < -0.39 is 0 Å². The lowest BCUT2D eigenvalue weighted by Gasteiger charge is -2.15. The quantitative estimate of drug-likeness (QED) is 0.829. The van der Waals surface area contributed by atoms with Crippen LogP contribution in [0, 0.1) is 6.92 Å². The first-order valence-electron chi connectivity index (χ1n) is 6.78. The highest BCUT2D eigenvalue weighted by Crippen LogP contribution is 2.23. The molecule has 2 rings (SSSR count). The molecule has 0 fully saturated rings. The van der Waals surface area contributed by atoms with Crippen molar-refractivity contribution < 1.29 is 4.79 Å². The number of carbonyl (C=O) groups is 1. The molecule has 0 radical (unpaired) electrons. The largest absolute Gasteiger partial charge is 0.349 e. The molecule has 2 aromatic rings. The monoisotopic (exact) mass is 365 g/mol. The Morgan fingerprint density at radius 3 is 2.67 bits per heavy atom. The van der Waals surface area contributed by atoms with Gasteiger partial charge in [0.2, 0.25) is 0 Å². The zero-order valence-corrected chi connectivity index (χ0v) is 14.3. The van der Waals surface area contributed by atoms with E-state index >= 15 is 0 Å². The molecule has 0 spiro atoms. The van der Waals surface area contributed by atoms with Crippen LogP contribution in [0.3, 0.4) is 0 Å². The van der Waals surface area contributed by atoms with Gasteiger partial charge in [-0.05, 0) is 65.5 Å². The second-order valence-corrected chi connectivity index (χ2v) is 6.40. The molecule has 2 aromatic carbocycles. The molecule has 1 atom stereocenters. The van der Waals surface area contributed by atoms with Crippen LogP contribution in [0.25, 0.3) is 0 Å². The molecule has 0 aliphatic heterocycles. The van der Waals surface area contributed by atoms with Crippen LogP contribution in [-0.4, -0.2) is 11.9 Å². The summed E-state index contributed by atoms with van der Waals surface area (Å²) < 4.78 is 0.725. The van der Waals surface area contributed by atoms with Crippen molar-refractivity contribution in [1.29, 1.82) is 0 Å². The summed E-state index contributed by atoms with van der Waals surface area (Å²) in [7, 11) is 0. The Labute approximate surface area is 138 Å². The van der Waals surface area contributed by atoms with E-state index in [2.05, 4.69) is 40.3 Å². The number of hydrogen-bond donors (Lipinski definition) is 1. The van der Waals surface area contributed by atoms with Gasteiger partial charge in [-0.1, -0.05) is 35.9 Å². The molecule has 0 heterocycles. The second kappa shape index (κ2) is 7.10. The van der Waals surface area contributed by atoms with Gasteiger partial charge in [0.25, 0.3) is 5.91 Å². The number of benzene rings is 2. The first-order chi connectivity index (χ1) is 9.97. The molecule has 0 aliphatic rings. The van der Waals surface area contributed by atoms with Gasteiger partial charge in [-0.2, -0.15) is 0 Å². The molecule has 0 aromatic heterocycles. The molecule has 1 N–H and O–H groups in total. The number of rotatable bonds is 4. The van der Waals surface area contributed by atoms with E-state index in [1.54, 1.807) is 18.2 Å². The minimum atomic E-state index is -0.0894. The van der Waals surface area contributed by atoms with E-state index in [1.165, 1.54) is 11.1 Å². The Bertz CT molecular complexity index is 657. The number of aryl methyl sites for hydroxylation is 1. The zero-order valence-electron chi connectivity index (χ0n) is 12.0. The van der Waals surface area contributed by atoms with Crippen LogP contribution in [-0.2, 0) is 6.42 Å².